The first kappa shape index (κ1) is 18.8. The molecule has 6 nitrogen and oxygen atoms in total. The SMILES string of the molecule is CC1=C[C@H]2[C@@]3(O)[C@H](C)C[C@]4(OC=O)[C@H]([C@@H]3C=C(CO)C[C@]2(O)C1=O)C4(C)C. The molecule has 0 aromatic rings. The lowest BCUT2D eigenvalue weighted by Gasteiger charge is -2.50. The van der Waals surface area contributed by atoms with Gasteiger partial charge in [0, 0.05) is 29.6 Å². The molecule has 0 radical (unpaired) electrons. The van der Waals surface area contributed by atoms with Gasteiger partial charge in [-0.25, -0.2) is 0 Å². The Morgan fingerprint density at radius 1 is 1.30 bits per heavy atom. The molecule has 2 saturated carbocycles. The van der Waals surface area contributed by atoms with Gasteiger partial charge in [-0.2, -0.15) is 0 Å². The molecule has 3 N–H and O–H groups in total. The van der Waals surface area contributed by atoms with Crippen LogP contribution in [0.4, 0.5) is 0 Å². The van der Waals surface area contributed by atoms with Crippen molar-refractivity contribution in [2.75, 3.05) is 6.61 Å². The Balaban J connectivity index is 1.91. The van der Waals surface area contributed by atoms with Crippen LogP contribution in [0.2, 0.25) is 0 Å². The van der Waals surface area contributed by atoms with Crippen LogP contribution in [-0.4, -0.2) is 51.0 Å². The molecule has 0 aliphatic heterocycles. The first-order chi connectivity index (χ1) is 12.5. The molecule has 0 bridgehead atoms. The van der Waals surface area contributed by atoms with E-state index in [1.807, 2.05) is 26.8 Å². The smallest absolute Gasteiger partial charge is 0.293 e. The Morgan fingerprint density at radius 2 is 1.96 bits per heavy atom. The Hall–Kier alpha value is -1.50. The van der Waals surface area contributed by atoms with Crippen molar-refractivity contribution >= 4 is 12.3 Å². The van der Waals surface area contributed by atoms with Crippen molar-refractivity contribution in [2.45, 2.75) is 57.3 Å². The maximum atomic E-state index is 12.8. The zero-order valence-corrected chi connectivity index (χ0v) is 16.2. The summed E-state index contributed by atoms with van der Waals surface area (Å²) < 4.78 is 5.58. The highest BCUT2D eigenvalue weighted by molar-refractivity contribution is 6.04. The van der Waals surface area contributed by atoms with Crippen LogP contribution in [0.5, 0.6) is 0 Å². The summed E-state index contributed by atoms with van der Waals surface area (Å²) in [7, 11) is 0. The molecule has 0 saturated heterocycles. The summed E-state index contributed by atoms with van der Waals surface area (Å²) in [4.78, 5) is 24.0. The van der Waals surface area contributed by atoms with E-state index in [9.17, 15) is 24.9 Å². The Labute approximate surface area is 158 Å². The number of ketones is 1. The molecular weight excluding hydrogens is 348 g/mol. The predicted octanol–water partition coefficient (Wildman–Crippen LogP) is 1.14. The van der Waals surface area contributed by atoms with Crippen LogP contribution in [0.25, 0.3) is 0 Å². The van der Waals surface area contributed by atoms with Crippen LogP contribution < -0.4 is 0 Å². The van der Waals surface area contributed by atoms with Crippen molar-refractivity contribution in [1.29, 1.82) is 0 Å². The average molecular weight is 376 g/mol. The number of rotatable bonds is 3. The molecule has 0 aromatic carbocycles. The summed E-state index contributed by atoms with van der Waals surface area (Å²) in [6.45, 7) is 7.76. The van der Waals surface area contributed by atoms with Gasteiger partial charge in [0.15, 0.2) is 5.78 Å². The number of fused-ring (bicyclic) bond motifs is 5. The van der Waals surface area contributed by atoms with Crippen LogP contribution in [0, 0.1) is 29.1 Å². The normalized spacial score (nSPS) is 49.8. The molecule has 7 atom stereocenters. The second kappa shape index (κ2) is 5.31. The van der Waals surface area contributed by atoms with Gasteiger partial charge in [-0.05, 0) is 30.4 Å². The molecule has 148 valence electrons. The highest BCUT2D eigenvalue weighted by Gasteiger charge is 2.82. The molecule has 4 aliphatic rings. The number of carbonyl (C=O) groups is 2. The Bertz CT molecular complexity index is 782. The fourth-order valence-electron chi connectivity index (χ4n) is 6.72. The minimum absolute atomic E-state index is 0.00105. The van der Waals surface area contributed by atoms with Gasteiger partial charge in [0.1, 0.15) is 11.2 Å². The number of ether oxygens (including phenoxy) is 1. The van der Waals surface area contributed by atoms with Gasteiger partial charge in [0.2, 0.25) is 0 Å². The summed E-state index contributed by atoms with van der Waals surface area (Å²) in [5.41, 5.74) is -3.16. The molecule has 27 heavy (non-hydrogen) atoms. The zero-order valence-electron chi connectivity index (χ0n) is 16.2. The maximum Gasteiger partial charge on any atom is 0.293 e. The monoisotopic (exact) mass is 376 g/mol. The predicted molar refractivity (Wildman–Crippen MR) is 96.4 cm³/mol. The molecule has 2 fully saturated rings. The zero-order chi connectivity index (χ0) is 20.0. The van der Waals surface area contributed by atoms with E-state index in [0.29, 0.717) is 24.0 Å². The minimum atomic E-state index is -1.75. The molecule has 6 heteroatoms. The second-order valence-corrected chi connectivity index (χ2v) is 9.56. The van der Waals surface area contributed by atoms with Crippen LogP contribution in [0.3, 0.4) is 0 Å². The van der Waals surface area contributed by atoms with Gasteiger partial charge in [0.25, 0.3) is 6.47 Å². The van der Waals surface area contributed by atoms with Gasteiger partial charge in [0.05, 0.1) is 12.2 Å². The van der Waals surface area contributed by atoms with Gasteiger partial charge in [-0.1, -0.05) is 32.9 Å². The van der Waals surface area contributed by atoms with E-state index >= 15 is 0 Å². The largest absolute Gasteiger partial charge is 0.460 e. The van der Waals surface area contributed by atoms with Crippen LogP contribution >= 0.6 is 0 Å². The fourth-order valence-corrected chi connectivity index (χ4v) is 6.72. The third-order valence-electron chi connectivity index (χ3n) is 8.13. The van der Waals surface area contributed by atoms with E-state index in [2.05, 4.69) is 0 Å². The summed E-state index contributed by atoms with van der Waals surface area (Å²) in [6.07, 6.45) is 3.99. The first-order valence-electron chi connectivity index (χ1n) is 9.60. The lowest BCUT2D eigenvalue weighted by atomic mass is 9.60. The highest BCUT2D eigenvalue weighted by atomic mass is 16.5. The molecule has 0 amide bonds. The van der Waals surface area contributed by atoms with Crippen molar-refractivity contribution in [2.24, 2.45) is 29.1 Å². The number of Topliss-reactive ketones (excluding diaryl/α,β-unsaturated/α-hetero) is 1. The van der Waals surface area contributed by atoms with Gasteiger partial charge < -0.3 is 20.1 Å². The second-order valence-electron chi connectivity index (χ2n) is 9.56. The van der Waals surface area contributed by atoms with E-state index in [1.165, 1.54) is 0 Å². The van der Waals surface area contributed by atoms with E-state index in [0.717, 1.165) is 0 Å². The first-order valence-corrected chi connectivity index (χ1v) is 9.60. The third kappa shape index (κ3) is 1.96. The van der Waals surface area contributed by atoms with Crippen molar-refractivity contribution < 1.29 is 29.6 Å². The van der Waals surface area contributed by atoms with Crippen molar-refractivity contribution in [3.05, 3.63) is 23.3 Å². The lowest BCUT2D eigenvalue weighted by molar-refractivity contribution is -0.182. The quantitative estimate of drug-likeness (QED) is 0.504. The molecule has 0 aromatic heterocycles. The van der Waals surface area contributed by atoms with Crippen molar-refractivity contribution in [1.82, 2.24) is 0 Å². The summed E-state index contributed by atoms with van der Waals surface area (Å²) in [5, 5.41) is 33.2. The average Bonchev–Trinajstić information content (AvgIpc) is 3.00. The van der Waals surface area contributed by atoms with Gasteiger partial charge in [-0.15, -0.1) is 0 Å². The summed E-state index contributed by atoms with van der Waals surface area (Å²) in [5.74, 6) is -2.05. The number of hydrogen-bond acceptors (Lipinski definition) is 6. The summed E-state index contributed by atoms with van der Waals surface area (Å²) >= 11 is 0. The standard InChI is InChI=1S/C21H28O6/c1-11-5-15-19(25,17(11)24)8-13(9-22)6-14-16-18(3,4)20(16,27-10-23)7-12(2)21(14,15)26/h5-6,10,12,14-16,22,25-26H,7-9H2,1-4H3/t12-,14+,15-,16-,19-,20+,21-/m1/s1. The number of hydrogen-bond donors (Lipinski definition) is 3. The molecule has 0 heterocycles. The topological polar surface area (TPSA) is 104 Å². The Morgan fingerprint density at radius 3 is 2.56 bits per heavy atom. The highest BCUT2D eigenvalue weighted by Crippen LogP contribution is 2.76. The van der Waals surface area contributed by atoms with E-state index in [1.54, 1.807) is 13.0 Å². The lowest BCUT2D eigenvalue weighted by Crippen LogP contribution is -2.61. The van der Waals surface area contributed by atoms with E-state index < -0.39 is 28.6 Å². The number of aliphatic hydroxyl groups is 3. The Kier molecular flexibility index (Phi) is 3.70. The van der Waals surface area contributed by atoms with Crippen LogP contribution in [-0.2, 0) is 14.3 Å². The molecular formula is C21H28O6. The molecule has 4 aliphatic carbocycles. The molecule has 4 rings (SSSR count). The summed E-state index contributed by atoms with van der Waals surface area (Å²) in [6, 6.07) is 0. The van der Waals surface area contributed by atoms with Crippen molar-refractivity contribution in [3.8, 4) is 0 Å². The van der Waals surface area contributed by atoms with E-state index in [-0.39, 0.29) is 36.1 Å². The third-order valence-corrected chi connectivity index (χ3v) is 8.13. The van der Waals surface area contributed by atoms with Crippen LogP contribution in [0.1, 0.15) is 40.5 Å². The molecule has 0 spiro atoms. The van der Waals surface area contributed by atoms with Crippen molar-refractivity contribution in [3.63, 3.8) is 0 Å². The minimum Gasteiger partial charge on any atom is -0.460 e. The number of aliphatic hydroxyl groups excluding tert-OH is 1. The van der Waals surface area contributed by atoms with Gasteiger partial charge >= 0.3 is 0 Å². The fraction of sp³-hybridized carbons (Fsp3) is 0.714. The molecule has 0 unspecified atom stereocenters. The van der Waals surface area contributed by atoms with E-state index in [4.69, 9.17) is 4.74 Å². The number of carbonyl (C=O) groups excluding carboxylic acids is 2. The maximum absolute atomic E-state index is 12.8. The van der Waals surface area contributed by atoms with Crippen LogP contribution in [0.15, 0.2) is 23.3 Å². The van der Waals surface area contributed by atoms with Gasteiger partial charge in [-0.3, -0.25) is 9.59 Å².